The predicted molar refractivity (Wildman–Crippen MR) is 68.8 cm³/mol. The molecule has 0 radical (unpaired) electrons. The molecule has 0 aliphatic heterocycles. The lowest BCUT2D eigenvalue weighted by Crippen LogP contribution is -2.06. The van der Waals surface area contributed by atoms with Crippen LogP contribution in [0.5, 0.6) is 0 Å². The summed E-state index contributed by atoms with van der Waals surface area (Å²) in [6, 6.07) is 4.27. The van der Waals surface area contributed by atoms with Gasteiger partial charge in [-0.1, -0.05) is 31.9 Å². The molecule has 1 nitrogen and oxygen atoms in total. The Hall–Kier alpha value is -0.0100. The topological polar surface area (TPSA) is 17.1 Å². The fourth-order valence-corrected chi connectivity index (χ4v) is 2.76. The number of hydrogen-bond donors (Lipinski definition) is 0. The molecule has 0 spiro atoms. The first kappa shape index (κ1) is 15.0. The van der Waals surface area contributed by atoms with Gasteiger partial charge in [-0.25, -0.2) is 0 Å². The van der Waals surface area contributed by atoms with Crippen LogP contribution in [0.2, 0.25) is 0 Å². The molecule has 0 aromatic heterocycles. The van der Waals surface area contributed by atoms with Gasteiger partial charge in [0.2, 0.25) is 0 Å². The first-order valence-electron chi connectivity index (χ1n) is 4.48. The van der Waals surface area contributed by atoms with Crippen LogP contribution in [0.1, 0.15) is 16.8 Å². The summed E-state index contributed by atoms with van der Waals surface area (Å²) in [7, 11) is 0. The van der Waals surface area contributed by atoms with Gasteiger partial charge < -0.3 is 0 Å². The van der Waals surface area contributed by atoms with Gasteiger partial charge in [0.25, 0.3) is 0 Å². The zero-order valence-electron chi connectivity index (χ0n) is 8.35. The van der Waals surface area contributed by atoms with Crippen LogP contribution in [0.15, 0.2) is 27.6 Å². The first-order chi connectivity index (χ1) is 7.83. The standard InChI is InChI=1S/C10H7Br2F3OS/c11-4-3-8(16)7-2-1-6(12)5-9(7)17-10(13,14)15/h1-2,5H,3-4H2. The van der Waals surface area contributed by atoms with E-state index in [2.05, 4.69) is 31.9 Å². The highest BCUT2D eigenvalue weighted by molar-refractivity contribution is 9.10. The fourth-order valence-electron chi connectivity index (χ4n) is 1.16. The molecule has 17 heavy (non-hydrogen) atoms. The summed E-state index contributed by atoms with van der Waals surface area (Å²) in [5.74, 6) is -0.305. The Morgan fingerprint density at radius 2 is 2.00 bits per heavy atom. The quantitative estimate of drug-likeness (QED) is 0.406. The monoisotopic (exact) mass is 390 g/mol. The van der Waals surface area contributed by atoms with E-state index in [1.165, 1.54) is 12.1 Å². The number of halogens is 5. The molecule has 1 aromatic carbocycles. The van der Waals surface area contributed by atoms with Crippen LogP contribution in [-0.2, 0) is 0 Å². The van der Waals surface area contributed by atoms with Crippen LogP contribution in [0.3, 0.4) is 0 Å². The number of hydrogen-bond acceptors (Lipinski definition) is 2. The van der Waals surface area contributed by atoms with E-state index in [1.807, 2.05) is 0 Å². The van der Waals surface area contributed by atoms with Crippen LogP contribution in [-0.4, -0.2) is 16.6 Å². The first-order valence-corrected chi connectivity index (χ1v) is 7.21. The number of Topliss-reactive ketones (excluding diaryl/α,β-unsaturated/α-hetero) is 1. The third kappa shape index (κ3) is 5.01. The minimum atomic E-state index is -4.40. The summed E-state index contributed by atoms with van der Waals surface area (Å²) >= 11 is 5.91. The normalized spacial score (nSPS) is 11.6. The number of rotatable bonds is 4. The summed E-state index contributed by atoms with van der Waals surface area (Å²) in [6.07, 6.45) is 0.174. The van der Waals surface area contributed by atoms with Gasteiger partial charge in [-0.15, -0.1) is 0 Å². The van der Waals surface area contributed by atoms with Crippen LogP contribution >= 0.6 is 43.6 Å². The van der Waals surface area contributed by atoms with Crippen LogP contribution in [0.25, 0.3) is 0 Å². The van der Waals surface area contributed by atoms with Crippen molar-refractivity contribution in [2.75, 3.05) is 5.33 Å². The number of ketones is 1. The molecule has 0 unspecified atom stereocenters. The SMILES string of the molecule is O=C(CCBr)c1ccc(Br)cc1SC(F)(F)F. The zero-order chi connectivity index (χ0) is 13.1. The Labute approximate surface area is 117 Å². The largest absolute Gasteiger partial charge is 0.446 e. The minimum Gasteiger partial charge on any atom is -0.294 e. The molecule has 0 N–H and O–H groups in total. The van der Waals surface area contributed by atoms with E-state index in [-0.39, 0.29) is 34.4 Å². The van der Waals surface area contributed by atoms with Crippen molar-refractivity contribution in [2.24, 2.45) is 0 Å². The molecule has 0 heterocycles. The molecule has 0 aliphatic carbocycles. The Bertz CT molecular complexity index is 421. The summed E-state index contributed by atoms with van der Waals surface area (Å²) in [5.41, 5.74) is -4.29. The predicted octanol–water partition coefficient (Wildman–Crippen LogP) is 5.03. The smallest absolute Gasteiger partial charge is 0.294 e. The van der Waals surface area contributed by atoms with Gasteiger partial charge in [0, 0.05) is 26.7 Å². The second-order valence-corrected chi connectivity index (χ2v) is 5.87. The van der Waals surface area contributed by atoms with E-state index < -0.39 is 5.51 Å². The Kier molecular flexibility index (Phi) is 5.53. The molecule has 0 saturated heterocycles. The molecule has 0 fully saturated rings. The van der Waals surface area contributed by atoms with E-state index in [1.54, 1.807) is 6.07 Å². The molecule has 0 atom stereocenters. The molecule has 0 saturated carbocycles. The molecule has 1 rings (SSSR count). The Balaban J connectivity index is 3.08. The summed E-state index contributed by atoms with van der Waals surface area (Å²) in [4.78, 5) is 11.6. The van der Waals surface area contributed by atoms with Gasteiger partial charge in [-0.05, 0) is 30.0 Å². The maximum atomic E-state index is 12.3. The summed E-state index contributed by atoms with van der Waals surface area (Å²) < 4.78 is 37.5. The van der Waals surface area contributed by atoms with Gasteiger partial charge in [0.1, 0.15) is 0 Å². The Morgan fingerprint density at radius 3 is 2.53 bits per heavy atom. The van der Waals surface area contributed by atoms with Crippen molar-refractivity contribution < 1.29 is 18.0 Å². The number of benzene rings is 1. The maximum Gasteiger partial charge on any atom is 0.446 e. The number of thioether (sulfide) groups is 1. The van der Waals surface area contributed by atoms with Gasteiger partial charge >= 0.3 is 5.51 Å². The molecule has 1 aromatic rings. The summed E-state index contributed by atoms with van der Waals surface area (Å²) in [6.45, 7) is 0. The third-order valence-electron chi connectivity index (χ3n) is 1.79. The Morgan fingerprint density at radius 1 is 1.35 bits per heavy atom. The van der Waals surface area contributed by atoms with E-state index >= 15 is 0 Å². The van der Waals surface area contributed by atoms with Gasteiger partial charge in [0.15, 0.2) is 5.78 Å². The van der Waals surface area contributed by atoms with Gasteiger partial charge in [-0.3, -0.25) is 4.79 Å². The summed E-state index contributed by atoms with van der Waals surface area (Å²) in [5, 5.41) is 0.429. The van der Waals surface area contributed by atoms with E-state index in [0.29, 0.717) is 9.80 Å². The highest BCUT2D eigenvalue weighted by Gasteiger charge is 2.31. The van der Waals surface area contributed by atoms with Crippen molar-refractivity contribution >= 4 is 49.4 Å². The molecule has 0 amide bonds. The van der Waals surface area contributed by atoms with Crippen molar-refractivity contribution in [3.8, 4) is 0 Å². The van der Waals surface area contributed by atoms with Crippen molar-refractivity contribution in [2.45, 2.75) is 16.8 Å². The molecular formula is C10H7Br2F3OS. The van der Waals surface area contributed by atoms with Crippen molar-refractivity contribution in [1.29, 1.82) is 0 Å². The lowest BCUT2D eigenvalue weighted by Gasteiger charge is -2.10. The maximum absolute atomic E-state index is 12.3. The van der Waals surface area contributed by atoms with Crippen LogP contribution < -0.4 is 0 Å². The highest BCUT2D eigenvalue weighted by Crippen LogP contribution is 2.39. The van der Waals surface area contributed by atoms with Crippen molar-refractivity contribution in [1.82, 2.24) is 0 Å². The van der Waals surface area contributed by atoms with Crippen molar-refractivity contribution in [3.05, 3.63) is 28.2 Å². The van der Waals surface area contributed by atoms with E-state index in [9.17, 15) is 18.0 Å². The fraction of sp³-hybridized carbons (Fsp3) is 0.300. The van der Waals surface area contributed by atoms with Crippen LogP contribution in [0, 0.1) is 0 Å². The number of carbonyl (C=O) groups is 1. The minimum absolute atomic E-state index is 0.0715. The molecule has 0 bridgehead atoms. The van der Waals surface area contributed by atoms with Gasteiger partial charge in [-0.2, -0.15) is 13.2 Å². The zero-order valence-corrected chi connectivity index (χ0v) is 12.3. The molecule has 94 valence electrons. The average molecular weight is 392 g/mol. The second-order valence-electron chi connectivity index (χ2n) is 3.05. The number of carbonyl (C=O) groups excluding carboxylic acids is 1. The molecular weight excluding hydrogens is 385 g/mol. The lowest BCUT2D eigenvalue weighted by molar-refractivity contribution is -0.0328. The van der Waals surface area contributed by atoms with Crippen molar-refractivity contribution in [3.63, 3.8) is 0 Å². The second kappa shape index (κ2) is 6.24. The average Bonchev–Trinajstić information content (AvgIpc) is 2.15. The highest BCUT2D eigenvalue weighted by atomic mass is 79.9. The van der Waals surface area contributed by atoms with Crippen LogP contribution in [0.4, 0.5) is 13.2 Å². The molecule has 7 heteroatoms. The number of alkyl halides is 4. The van der Waals surface area contributed by atoms with Gasteiger partial charge in [0.05, 0.1) is 0 Å². The van der Waals surface area contributed by atoms with E-state index in [4.69, 9.17) is 0 Å². The third-order valence-corrected chi connectivity index (χ3v) is 3.47. The lowest BCUT2D eigenvalue weighted by atomic mass is 10.1. The van der Waals surface area contributed by atoms with E-state index in [0.717, 1.165) is 0 Å². The molecule has 0 aliphatic rings.